The van der Waals surface area contributed by atoms with E-state index in [-0.39, 0.29) is 0 Å². The van der Waals surface area contributed by atoms with Crippen molar-refractivity contribution in [2.45, 2.75) is 38.8 Å². The number of hydrogen-bond acceptors (Lipinski definition) is 0. The van der Waals surface area contributed by atoms with Gasteiger partial charge in [-0.3, -0.25) is 0 Å². The first-order chi connectivity index (χ1) is 5.86. The molecule has 0 unspecified atom stereocenters. The van der Waals surface area contributed by atoms with Crippen LogP contribution >= 0.6 is 0 Å². The number of alkyl halides is 1. The van der Waals surface area contributed by atoms with Crippen LogP contribution in [0.3, 0.4) is 0 Å². The number of benzene rings is 1. The largest absolute Gasteiger partial charge is 0.244 e. The molecule has 1 heteroatoms. The zero-order valence-corrected chi connectivity index (χ0v) is 8.76. The Hall–Kier alpha value is -0.850. The third-order valence-corrected chi connectivity index (χ3v) is 2.98. The molecule has 1 aromatic rings. The van der Waals surface area contributed by atoms with Gasteiger partial charge in [-0.25, -0.2) is 4.39 Å². The van der Waals surface area contributed by atoms with Crippen LogP contribution in [0.1, 0.15) is 33.3 Å². The van der Waals surface area contributed by atoms with Crippen molar-refractivity contribution in [1.82, 2.24) is 0 Å². The highest BCUT2D eigenvalue weighted by molar-refractivity contribution is 5.26. The lowest BCUT2D eigenvalue weighted by molar-refractivity contribution is 0.114. The maximum atomic E-state index is 13.9. The Bertz CT molecular complexity index is 267. The van der Waals surface area contributed by atoms with Crippen molar-refractivity contribution in [1.29, 1.82) is 0 Å². The van der Waals surface area contributed by atoms with E-state index in [1.165, 1.54) is 0 Å². The maximum Gasteiger partial charge on any atom is 0.114 e. The molecule has 0 amide bonds. The molecule has 0 bridgehead atoms. The van der Waals surface area contributed by atoms with E-state index in [1.807, 2.05) is 44.2 Å². The minimum atomic E-state index is -1.20. The summed E-state index contributed by atoms with van der Waals surface area (Å²) in [6, 6.07) is 9.79. The van der Waals surface area contributed by atoms with Crippen LogP contribution in [-0.4, -0.2) is 5.67 Å². The van der Waals surface area contributed by atoms with Crippen molar-refractivity contribution in [2.75, 3.05) is 0 Å². The molecule has 72 valence electrons. The first kappa shape index (κ1) is 10.2. The molecule has 1 rings (SSSR count). The van der Waals surface area contributed by atoms with Gasteiger partial charge < -0.3 is 0 Å². The Balaban J connectivity index is 3.08. The fourth-order valence-corrected chi connectivity index (χ4v) is 1.20. The van der Waals surface area contributed by atoms with Gasteiger partial charge in [-0.15, -0.1) is 0 Å². The van der Waals surface area contributed by atoms with E-state index in [2.05, 4.69) is 0 Å². The van der Waals surface area contributed by atoms with Crippen LogP contribution < -0.4 is 0 Å². The van der Waals surface area contributed by atoms with E-state index < -0.39 is 11.1 Å². The summed E-state index contributed by atoms with van der Waals surface area (Å²) in [5, 5.41) is 0. The van der Waals surface area contributed by atoms with Gasteiger partial charge in [0.25, 0.3) is 0 Å². The van der Waals surface area contributed by atoms with Crippen molar-refractivity contribution in [3.05, 3.63) is 35.9 Å². The number of hydrogen-bond donors (Lipinski definition) is 0. The molecule has 0 spiro atoms. The van der Waals surface area contributed by atoms with Crippen LogP contribution in [0, 0.1) is 0 Å². The predicted molar refractivity (Wildman–Crippen MR) is 54.7 cm³/mol. The van der Waals surface area contributed by atoms with E-state index in [1.54, 1.807) is 13.8 Å². The first-order valence-corrected chi connectivity index (χ1v) is 4.60. The zero-order chi connectivity index (χ0) is 10.1. The summed E-state index contributed by atoms with van der Waals surface area (Å²) >= 11 is 0. The van der Waals surface area contributed by atoms with Gasteiger partial charge in [-0.1, -0.05) is 44.2 Å². The van der Waals surface area contributed by atoms with E-state index in [9.17, 15) is 4.39 Å². The molecule has 0 heterocycles. The lowest BCUT2D eigenvalue weighted by atomic mass is 9.73. The number of halogens is 1. The second-order valence-corrected chi connectivity index (χ2v) is 4.46. The van der Waals surface area contributed by atoms with Gasteiger partial charge in [-0.05, 0) is 19.4 Å². The summed E-state index contributed by atoms with van der Waals surface area (Å²) in [6.07, 6.45) is 0. The van der Waals surface area contributed by atoms with E-state index in [0.717, 1.165) is 5.56 Å². The molecule has 0 aliphatic carbocycles. The van der Waals surface area contributed by atoms with Gasteiger partial charge in [0, 0.05) is 5.41 Å². The summed E-state index contributed by atoms with van der Waals surface area (Å²) in [4.78, 5) is 0. The van der Waals surface area contributed by atoms with Gasteiger partial charge in [0.1, 0.15) is 5.67 Å². The molecular formula is C12H17F. The van der Waals surface area contributed by atoms with Crippen LogP contribution in [0.2, 0.25) is 0 Å². The topological polar surface area (TPSA) is 0 Å². The second-order valence-electron chi connectivity index (χ2n) is 4.46. The summed E-state index contributed by atoms with van der Waals surface area (Å²) in [5.41, 5.74) is -0.592. The lowest BCUT2D eigenvalue weighted by Crippen LogP contribution is -2.38. The van der Waals surface area contributed by atoms with E-state index >= 15 is 0 Å². The Morgan fingerprint density at radius 1 is 0.923 bits per heavy atom. The average Bonchev–Trinajstić information content (AvgIpc) is 2.04. The van der Waals surface area contributed by atoms with E-state index in [4.69, 9.17) is 0 Å². The normalized spacial score (nSPS) is 13.0. The smallest absolute Gasteiger partial charge is 0.114 e. The highest BCUT2D eigenvalue weighted by Gasteiger charge is 2.38. The fourth-order valence-electron chi connectivity index (χ4n) is 1.20. The summed E-state index contributed by atoms with van der Waals surface area (Å²) in [5.74, 6) is 0. The van der Waals surface area contributed by atoms with E-state index in [0.29, 0.717) is 0 Å². The molecule has 0 aliphatic rings. The molecular weight excluding hydrogens is 163 g/mol. The minimum Gasteiger partial charge on any atom is -0.244 e. The molecule has 0 aromatic heterocycles. The standard InChI is InChI=1S/C12H17F/c1-11(2,12(3,4)13)10-8-6-5-7-9-10/h5-9H,1-4H3. The summed E-state index contributed by atoms with van der Waals surface area (Å²) in [6.45, 7) is 7.12. The fraction of sp³-hybridized carbons (Fsp3) is 0.500. The Morgan fingerprint density at radius 3 is 1.77 bits per heavy atom. The van der Waals surface area contributed by atoms with Gasteiger partial charge in [0.2, 0.25) is 0 Å². The molecule has 0 saturated carbocycles. The molecule has 0 N–H and O–H groups in total. The maximum absolute atomic E-state index is 13.9. The molecule has 0 aliphatic heterocycles. The summed E-state index contributed by atoms with van der Waals surface area (Å²) < 4.78 is 13.9. The Morgan fingerprint density at radius 2 is 1.38 bits per heavy atom. The van der Waals surface area contributed by atoms with Gasteiger partial charge in [0.15, 0.2) is 0 Å². The summed E-state index contributed by atoms with van der Waals surface area (Å²) in [7, 11) is 0. The second kappa shape index (κ2) is 3.13. The van der Waals surface area contributed by atoms with Crippen molar-refractivity contribution >= 4 is 0 Å². The quantitative estimate of drug-likeness (QED) is 0.650. The van der Waals surface area contributed by atoms with Crippen LogP contribution in [0.4, 0.5) is 4.39 Å². The highest BCUT2D eigenvalue weighted by atomic mass is 19.1. The average molecular weight is 180 g/mol. The molecule has 0 atom stereocenters. The molecule has 0 radical (unpaired) electrons. The van der Waals surface area contributed by atoms with Crippen molar-refractivity contribution < 1.29 is 4.39 Å². The third kappa shape index (κ3) is 1.90. The van der Waals surface area contributed by atoms with Crippen LogP contribution in [0.25, 0.3) is 0 Å². The molecule has 0 nitrogen and oxygen atoms in total. The Kier molecular flexibility index (Phi) is 2.47. The first-order valence-electron chi connectivity index (χ1n) is 4.60. The van der Waals surface area contributed by atoms with Crippen molar-refractivity contribution in [3.8, 4) is 0 Å². The van der Waals surface area contributed by atoms with Crippen molar-refractivity contribution in [3.63, 3.8) is 0 Å². The van der Waals surface area contributed by atoms with Gasteiger partial charge in [0.05, 0.1) is 0 Å². The van der Waals surface area contributed by atoms with Gasteiger partial charge in [-0.2, -0.15) is 0 Å². The molecule has 0 saturated heterocycles. The predicted octanol–water partition coefficient (Wildman–Crippen LogP) is 3.71. The zero-order valence-electron chi connectivity index (χ0n) is 8.76. The lowest BCUT2D eigenvalue weighted by Gasteiger charge is -2.35. The van der Waals surface area contributed by atoms with Crippen LogP contribution in [0.15, 0.2) is 30.3 Å². The Labute approximate surface area is 79.8 Å². The van der Waals surface area contributed by atoms with Crippen LogP contribution in [0.5, 0.6) is 0 Å². The monoisotopic (exact) mass is 180 g/mol. The molecule has 1 aromatic carbocycles. The highest BCUT2D eigenvalue weighted by Crippen LogP contribution is 2.36. The van der Waals surface area contributed by atoms with Crippen LogP contribution in [-0.2, 0) is 5.41 Å². The minimum absolute atomic E-state index is 0.436. The van der Waals surface area contributed by atoms with Gasteiger partial charge >= 0.3 is 0 Å². The molecule has 0 fully saturated rings. The third-order valence-electron chi connectivity index (χ3n) is 2.98. The van der Waals surface area contributed by atoms with Crippen molar-refractivity contribution in [2.24, 2.45) is 0 Å². The molecule has 13 heavy (non-hydrogen) atoms. The SMILES string of the molecule is CC(C)(F)C(C)(C)c1ccccc1. The number of rotatable bonds is 2.